The van der Waals surface area contributed by atoms with Gasteiger partial charge < -0.3 is 15.0 Å². The summed E-state index contributed by atoms with van der Waals surface area (Å²) >= 11 is 0. The van der Waals surface area contributed by atoms with Crippen LogP contribution in [-0.2, 0) is 0 Å². The predicted octanol–water partition coefficient (Wildman–Crippen LogP) is 2.49. The number of benzene rings is 1. The first kappa shape index (κ1) is 11.7. The molecule has 1 atom stereocenters. The van der Waals surface area contributed by atoms with E-state index in [1.807, 2.05) is 50.2 Å². The molecule has 2 aromatic rings. The van der Waals surface area contributed by atoms with E-state index in [0.29, 0.717) is 0 Å². The van der Waals surface area contributed by atoms with E-state index < -0.39 is 5.97 Å². The van der Waals surface area contributed by atoms with E-state index in [0.717, 1.165) is 16.5 Å². The Labute approximate surface area is 99.9 Å². The van der Waals surface area contributed by atoms with Crippen LogP contribution in [0.25, 0.3) is 10.9 Å². The van der Waals surface area contributed by atoms with Crippen LogP contribution in [0.1, 0.15) is 29.0 Å². The van der Waals surface area contributed by atoms with E-state index in [9.17, 15) is 9.90 Å². The molecule has 90 valence electrons. The van der Waals surface area contributed by atoms with Crippen molar-refractivity contribution in [2.24, 2.45) is 0 Å². The first-order valence-electron chi connectivity index (χ1n) is 5.52. The van der Waals surface area contributed by atoms with Crippen LogP contribution in [-0.4, -0.2) is 35.1 Å². The van der Waals surface area contributed by atoms with Gasteiger partial charge in [0.05, 0.1) is 0 Å². The summed E-state index contributed by atoms with van der Waals surface area (Å²) in [7, 11) is 3.89. The second kappa shape index (κ2) is 4.22. The van der Waals surface area contributed by atoms with Gasteiger partial charge in [-0.25, -0.2) is 4.79 Å². The summed E-state index contributed by atoms with van der Waals surface area (Å²) in [6, 6.07) is 7.72. The monoisotopic (exact) mass is 232 g/mol. The van der Waals surface area contributed by atoms with Crippen molar-refractivity contribution in [2.45, 2.75) is 13.0 Å². The second-order valence-corrected chi connectivity index (χ2v) is 4.40. The predicted molar refractivity (Wildman–Crippen MR) is 67.4 cm³/mol. The molecule has 0 amide bonds. The van der Waals surface area contributed by atoms with Gasteiger partial charge in [0.2, 0.25) is 0 Å². The van der Waals surface area contributed by atoms with Gasteiger partial charge in [0.1, 0.15) is 5.69 Å². The lowest BCUT2D eigenvalue weighted by molar-refractivity contribution is 0.0688. The molecule has 4 nitrogen and oxygen atoms in total. The number of para-hydroxylation sites is 1. The lowest BCUT2D eigenvalue weighted by Crippen LogP contribution is -2.18. The minimum absolute atomic E-state index is 0.0530. The molecular formula is C13H16N2O2. The highest BCUT2D eigenvalue weighted by Gasteiger charge is 2.22. The number of carboxylic acid groups (broad SMARTS) is 1. The van der Waals surface area contributed by atoms with Crippen molar-refractivity contribution in [1.82, 2.24) is 9.88 Å². The van der Waals surface area contributed by atoms with Crippen LogP contribution in [0.15, 0.2) is 24.3 Å². The average molecular weight is 232 g/mol. The minimum atomic E-state index is -0.912. The smallest absolute Gasteiger partial charge is 0.352 e. The number of hydrogen-bond donors (Lipinski definition) is 2. The second-order valence-electron chi connectivity index (χ2n) is 4.40. The maximum absolute atomic E-state index is 11.3. The molecule has 1 aromatic carbocycles. The fourth-order valence-electron chi connectivity index (χ4n) is 2.02. The van der Waals surface area contributed by atoms with Gasteiger partial charge in [0.25, 0.3) is 0 Å². The molecule has 1 aromatic heterocycles. The van der Waals surface area contributed by atoms with Gasteiger partial charge >= 0.3 is 5.97 Å². The summed E-state index contributed by atoms with van der Waals surface area (Å²) in [6.45, 7) is 2.00. The maximum atomic E-state index is 11.3. The first-order valence-corrected chi connectivity index (χ1v) is 5.52. The van der Waals surface area contributed by atoms with Gasteiger partial charge in [0.15, 0.2) is 0 Å². The number of carboxylic acids is 1. The van der Waals surface area contributed by atoms with Crippen LogP contribution >= 0.6 is 0 Å². The molecule has 0 aliphatic heterocycles. The third-order valence-corrected chi connectivity index (χ3v) is 3.15. The van der Waals surface area contributed by atoms with Crippen LogP contribution in [0.4, 0.5) is 0 Å². The van der Waals surface area contributed by atoms with Crippen LogP contribution < -0.4 is 0 Å². The van der Waals surface area contributed by atoms with Crippen molar-refractivity contribution >= 4 is 16.9 Å². The van der Waals surface area contributed by atoms with Crippen LogP contribution in [0.5, 0.6) is 0 Å². The number of nitrogens with zero attached hydrogens (tertiary/aromatic N) is 1. The number of carbonyl (C=O) groups is 1. The summed E-state index contributed by atoms with van der Waals surface area (Å²) in [4.78, 5) is 16.2. The Morgan fingerprint density at radius 1 is 1.35 bits per heavy atom. The van der Waals surface area contributed by atoms with Gasteiger partial charge in [-0.2, -0.15) is 0 Å². The molecule has 0 aliphatic carbocycles. The Morgan fingerprint density at radius 3 is 2.59 bits per heavy atom. The van der Waals surface area contributed by atoms with E-state index in [1.165, 1.54) is 0 Å². The summed E-state index contributed by atoms with van der Waals surface area (Å²) in [5.74, 6) is -0.912. The number of H-pyrrole nitrogens is 1. The van der Waals surface area contributed by atoms with Crippen molar-refractivity contribution < 1.29 is 9.90 Å². The number of aromatic carboxylic acids is 1. The standard InChI is InChI=1S/C13H16N2O2/c1-8(15(2)3)11-9-6-4-5-7-10(9)14-12(11)13(16)17/h4-8,14H,1-3H3,(H,16,17). The van der Waals surface area contributed by atoms with Gasteiger partial charge in [0, 0.05) is 22.5 Å². The molecule has 0 radical (unpaired) electrons. The number of aromatic nitrogens is 1. The Bertz CT molecular complexity index is 558. The molecule has 17 heavy (non-hydrogen) atoms. The molecule has 0 saturated carbocycles. The largest absolute Gasteiger partial charge is 0.477 e. The molecule has 0 fully saturated rings. The Balaban J connectivity index is 2.72. The molecular weight excluding hydrogens is 216 g/mol. The van der Waals surface area contributed by atoms with Crippen LogP contribution in [0.3, 0.4) is 0 Å². The molecule has 4 heteroatoms. The van der Waals surface area contributed by atoms with Crippen LogP contribution in [0, 0.1) is 0 Å². The lowest BCUT2D eigenvalue weighted by Gasteiger charge is -2.20. The zero-order valence-corrected chi connectivity index (χ0v) is 10.2. The molecule has 0 spiro atoms. The van der Waals surface area contributed by atoms with Gasteiger partial charge in [-0.05, 0) is 27.1 Å². The highest BCUT2D eigenvalue weighted by atomic mass is 16.4. The maximum Gasteiger partial charge on any atom is 0.352 e. The summed E-state index contributed by atoms with van der Waals surface area (Å²) in [5, 5.41) is 10.2. The van der Waals surface area contributed by atoms with Crippen LogP contribution in [0.2, 0.25) is 0 Å². The zero-order valence-electron chi connectivity index (χ0n) is 10.2. The fourth-order valence-corrected chi connectivity index (χ4v) is 2.02. The summed E-state index contributed by atoms with van der Waals surface area (Å²) in [5.41, 5.74) is 2.00. The Morgan fingerprint density at radius 2 is 2.00 bits per heavy atom. The molecule has 0 saturated heterocycles. The van der Waals surface area contributed by atoms with E-state index >= 15 is 0 Å². The van der Waals surface area contributed by atoms with Gasteiger partial charge in [-0.3, -0.25) is 0 Å². The van der Waals surface area contributed by atoms with Crippen molar-refractivity contribution in [3.05, 3.63) is 35.5 Å². The Hall–Kier alpha value is -1.81. The van der Waals surface area contributed by atoms with E-state index in [1.54, 1.807) is 0 Å². The van der Waals surface area contributed by atoms with Gasteiger partial charge in [-0.15, -0.1) is 0 Å². The normalized spacial score (nSPS) is 13.2. The summed E-state index contributed by atoms with van der Waals surface area (Å²) < 4.78 is 0. The van der Waals surface area contributed by atoms with E-state index in [-0.39, 0.29) is 11.7 Å². The molecule has 0 bridgehead atoms. The third kappa shape index (κ3) is 1.91. The third-order valence-electron chi connectivity index (χ3n) is 3.15. The SMILES string of the molecule is CC(c1c(C(=O)O)[nH]c2ccccc12)N(C)C. The first-order chi connectivity index (χ1) is 8.02. The number of fused-ring (bicyclic) bond motifs is 1. The molecule has 0 aliphatic rings. The fraction of sp³-hybridized carbons (Fsp3) is 0.308. The molecule has 2 N–H and O–H groups in total. The summed E-state index contributed by atoms with van der Waals surface area (Å²) in [6.07, 6.45) is 0. The Kier molecular flexibility index (Phi) is 2.90. The highest BCUT2D eigenvalue weighted by molar-refractivity contribution is 5.97. The molecule has 1 heterocycles. The number of hydrogen-bond acceptors (Lipinski definition) is 2. The minimum Gasteiger partial charge on any atom is -0.477 e. The van der Waals surface area contributed by atoms with E-state index in [2.05, 4.69) is 4.98 Å². The molecule has 1 unspecified atom stereocenters. The van der Waals surface area contributed by atoms with Crippen molar-refractivity contribution in [3.8, 4) is 0 Å². The topological polar surface area (TPSA) is 56.3 Å². The van der Waals surface area contributed by atoms with E-state index in [4.69, 9.17) is 0 Å². The van der Waals surface area contributed by atoms with Gasteiger partial charge in [-0.1, -0.05) is 18.2 Å². The number of rotatable bonds is 3. The number of aromatic amines is 1. The number of nitrogens with one attached hydrogen (secondary N) is 1. The zero-order chi connectivity index (χ0) is 12.6. The van der Waals surface area contributed by atoms with Crippen molar-refractivity contribution in [2.75, 3.05) is 14.1 Å². The average Bonchev–Trinajstić information content (AvgIpc) is 2.67. The molecule has 2 rings (SSSR count). The highest BCUT2D eigenvalue weighted by Crippen LogP contribution is 2.30. The van der Waals surface area contributed by atoms with Crippen molar-refractivity contribution in [1.29, 1.82) is 0 Å². The lowest BCUT2D eigenvalue weighted by atomic mass is 10.0. The quantitative estimate of drug-likeness (QED) is 0.854. The van der Waals surface area contributed by atoms with Crippen molar-refractivity contribution in [3.63, 3.8) is 0 Å².